The van der Waals surface area contributed by atoms with Gasteiger partial charge in [-0.05, 0) is 95.0 Å². The van der Waals surface area contributed by atoms with Gasteiger partial charge in [0.2, 0.25) is 0 Å². The fraction of sp³-hybridized carbons (Fsp3) is 0.256. The average Bonchev–Trinajstić information content (AvgIpc) is 3.88. The maximum Gasteiger partial charge on any atom is 0.274 e. The van der Waals surface area contributed by atoms with Gasteiger partial charge in [-0.1, -0.05) is 49.4 Å². The van der Waals surface area contributed by atoms with Gasteiger partial charge in [0.1, 0.15) is 11.5 Å². The number of nitrogens with two attached hydrogens (primary N) is 1. The molecule has 0 fully saturated rings. The summed E-state index contributed by atoms with van der Waals surface area (Å²) < 4.78 is 14.0. The molecule has 280 valence electrons. The molecule has 0 amide bonds. The van der Waals surface area contributed by atoms with Crippen molar-refractivity contribution >= 4 is 27.5 Å². The van der Waals surface area contributed by atoms with Crippen LogP contribution < -0.4 is 16.9 Å². The number of H-pyrrole nitrogens is 2. The Hall–Kier alpha value is -6.36. The number of aromatic nitrogens is 6. The van der Waals surface area contributed by atoms with Gasteiger partial charge >= 0.3 is 0 Å². The summed E-state index contributed by atoms with van der Waals surface area (Å²) in [5.41, 5.74) is 18.6. The molecule has 11 heteroatoms. The zero-order valence-electron chi connectivity index (χ0n) is 30.3. The van der Waals surface area contributed by atoms with Gasteiger partial charge in [-0.3, -0.25) is 9.59 Å². The molecule has 8 aromatic rings. The molecule has 2 aromatic carbocycles. The number of fused-ring (bicyclic) bond motifs is 2. The third-order valence-corrected chi connectivity index (χ3v) is 9.68. The number of hydrogen-bond donors (Lipinski definition) is 3. The van der Waals surface area contributed by atoms with Crippen molar-refractivity contribution in [3.05, 3.63) is 145 Å². The summed E-state index contributed by atoms with van der Waals surface area (Å²) in [7, 11) is 0. The Labute approximate surface area is 314 Å². The van der Waals surface area contributed by atoms with Crippen molar-refractivity contribution in [2.45, 2.75) is 76.4 Å². The molecule has 6 heterocycles. The molecule has 11 nitrogen and oxygen atoms in total. The third kappa shape index (κ3) is 7.04. The zero-order chi connectivity index (χ0) is 36.8. The van der Waals surface area contributed by atoms with Gasteiger partial charge in [0.25, 0.3) is 11.1 Å². The highest BCUT2D eigenvalue weighted by molar-refractivity contribution is 5.87. The van der Waals surface area contributed by atoms with Crippen molar-refractivity contribution in [2.24, 2.45) is 0 Å². The zero-order valence-corrected chi connectivity index (χ0v) is 30.3. The number of hydrogen-bond acceptors (Lipinski definition) is 7. The summed E-state index contributed by atoms with van der Waals surface area (Å²) in [5.74, 6) is 1.46. The van der Waals surface area contributed by atoms with Crippen LogP contribution in [0, 0.1) is 48.5 Å². The number of pyridine rings is 2. The first-order valence-electron chi connectivity index (χ1n) is 17.1. The number of nitrogen functional groups attached to an aromatic ring is 1. The largest absolute Gasteiger partial charge is 0.394 e. The van der Waals surface area contributed by atoms with E-state index in [1.165, 1.54) is 10.9 Å². The van der Waals surface area contributed by atoms with Gasteiger partial charge < -0.3 is 33.9 Å². The summed E-state index contributed by atoms with van der Waals surface area (Å²) in [6.07, 6.45) is 7.71. The summed E-state index contributed by atoms with van der Waals surface area (Å²) in [6.45, 7) is 14.5. The molecule has 0 atom stereocenters. The first-order valence-corrected chi connectivity index (χ1v) is 17.1. The fourth-order valence-corrected chi connectivity index (χ4v) is 7.26. The number of aryl methyl sites for hydroxylation is 7. The molecule has 0 saturated carbocycles. The quantitative estimate of drug-likeness (QED) is 0.154. The lowest BCUT2D eigenvalue weighted by Crippen LogP contribution is -2.23. The summed E-state index contributed by atoms with van der Waals surface area (Å²) in [6, 6.07) is 15.8. The number of aromatic amines is 2. The minimum Gasteiger partial charge on any atom is -0.394 e. The molecule has 0 aliphatic heterocycles. The lowest BCUT2D eigenvalue weighted by atomic mass is 10.0. The first kappa shape index (κ1) is 38.9. The van der Waals surface area contributed by atoms with Crippen LogP contribution >= 0.6 is 0 Å². The Kier molecular flexibility index (Phi) is 11.0. The third-order valence-electron chi connectivity index (χ3n) is 9.68. The van der Waals surface area contributed by atoms with Crippen molar-refractivity contribution < 1.29 is 9.05 Å². The van der Waals surface area contributed by atoms with Crippen LogP contribution in [0.3, 0.4) is 0 Å². The highest BCUT2D eigenvalue weighted by atomic mass is 16.5. The SMILES string of the molecule is C.C.Cc1noc(C)c1-c1cc(C)c(=O)n(Cc2cccc3[nH]cc(C)c23)c1.Cc1noc(C)c1-c1cc(N)c(=O)n(Cc2cccc3[nH]cc(C)c23)c1. The van der Waals surface area contributed by atoms with E-state index in [1.807, 2.05) is 89.7 Å². The number of anilines is 1. The molecule has 0 aliphatic rings. The molecule has 6 aromatic heterocycles. The van der Waals surface area contributed by atoms with Gasteiger partial charge in [0.15, 0.2) is 0 Å². The van der Waals surface area contributed by atoms with Crippen molar-refractivity contribution in [3.63, 3.8) is 0 Å². The van der Waals surface area contributed by atoms with Crippen LogP contribution in [-0.4, -0.2) is 29.4 Å². The number of benzene rings is 2. The van der Waals surface area contributed by atoms with Crippen molar-refractivity contribution in [1.82, 2.24) is 29.4 Å². The van der Waals surface area contributed by atoms with Crippen molar-refractivity contribution in [3.8, 4) is 22.3 Å². The number of nitrogens with one attached hydrogen (secondary N) is 2. The minimum absolute atomic E-state index is 0. The van der Waals surface area contributed by atoms with Gasteiger partial charge in [0.05, 0.1) is 30.2 Å². The Morgan fingerprint density at radius 1 is 0.630 bits per heavy atom. The molecule has 0 aliphatic carbocycles. The molecule has 0 unspecified atom stereocenters. The van der Waals surface area contributed by atoms with E-state index < -0.39 is 0 Å². The fourth-order valence-electron chi connectivity index (χ4n) is 7.26. The van der Waals surface area contributed by atoms with E-state index in [0.29, 0.717) is 24.4 Å². The predicted molar refractivity (Wildman–Crippen MR) is 218 cm³/mol. The van der Waals surface area contributed by atoms with Gasteiger partial charge in [0, 0.05) is 74.4 Å². The monoisotopic (exact) mass is 727 g/mol. The van der Waals surface area contributed by atoms with Gasteiger partial charge in [-0.15, -0.1) is 0 Å². The Bertz CT molecular complexity index is 2510. The van der Waals surface area contributed by atoms with Crippen LogP contribution in [0.15, 0.2) is 92.0 Å². The van der Waals surface area contributed by atoms with Gasteiger partial charge in [-0.2, -0.15) is 0 Å². The lowest BCUT2D eigenvalue weighted by molar-refractivity contribution is 0.393. The normalized spacial score (nSPS) is 10.9. The lowest BCUT2D eigenvalue weighted by Gasteiger charge is -2.12. The minimum atomic E-state index is -0.203. The maximum atomic E-state index is 12.7. The Morgan fingerprint density at radius 3 is 1.52 bits per heavy atom. The van der Waals surface area contributed by atoms with Crippen LogP contribution in [0.1, 0.15) is 65.6 Å². The molecule has 0 radical (unpaired) electrons. The number of rotatable bonds is 6. The van der Waals surface area contributed by atoms with E-state index in [9.17, 15) is 9.59 Å². The molecule has 0 bridgehead atoms. The second kappa shape index (κ2) is 15.3. The van der Waals surface area contributed by atoms with E-state index in [-0.39, 0.29) is 31.7 Å². The topological polar surface area (TPSA) is 154 Å². The Balaban J connectivity index is 0.000000200. The standard InChI is InChI=1S/C21H21N3O2.C20H20N4O2.2CH4/c1-12-8-17(20-14(3)23-26-15(20)4)11-24(21(12)25)10-16-6-5-7-18-19(16)13(2)9-22-18;1-11-8-22-17-6-4-5-14(18(11)17)9-24-10-15(7-16(21)20(24)25)19-12(2)23-26-13(19)3;;/h5-9,11,22H,10H2,1-4H3;4-8,10,22H,9,21H2,1-3H3;2*1H4. The van der Waals surface area contributed by atoms with E-state index in [4.69, 9.17) is 14.8 Å². The summed E-state index contributed by atoms with van der Waals surface area (Å²) >= 11 is 0. The molecular formula is C43H49N7O4. The van der Waals surface area contributed by atoms with Crippen LogP contribution in [0.25, 0.3) is 44.1 Å². The van der Waals surface area contributed by atoms with Crippen LogP contribution in [0.4, 0.5) is 5.69 Å². The second-order valence-electron chi connectivity index (χ2n) is 13.5. The highest BCUT2D eigenvalue weighted by Crippen LogP contribution is 2.30. The molecule has 54 heavy (non-hydrogen) atoms. The maximum absolute atomic E-state index is 12.7. The molecular weight excluding hydrogens is 679 g/mol. The molecule has 0 saturated heterocycles. The van der Waals surface area contributed by atoms with Crippen LogP contribution in [0.2, 0.25) is 0 Å². The van der Waals surface area contributed by atoms with Gasteiger partial charge in [-0.25, -0.2) is 0 Å². The van der Waals surface area contributed by atoms with E-state index in [0.717, 1.165) is 72.5 Å². The number of nitrogens with zero attached hydrogens (tertiary/aromatic N) is 4. The first-order chi connectivity index (χ1) is 24.9. The van der Waals surface area contributed by atoms with Crippen LogP contribution in [0.5, 0.6) is 0 Å². The Morgan fingerprint density at radius 2 is 1.07 bits per heavy atom. The second-order valence-corrected chi connectivity index (χ2v) is 13.5. The predicted octanol–water partition coefficient (Wildman–Crippen LogP) is 9.08. The smallest absolute Gasteiger partial charge is 0.274 e. The van der Waals surface area contributed by atoms with E-state index in [1.54, 1.807) is 15.2 Å². The summed E-state index contributed by atoms with van der Waals surface area (Å²) in [4.78, 5) is 31.9. The highest BCUT2D eigenvalue weighted by Gasteiger charge is 2.17. The van der Waals surface area contributed by atoms with Crippen LogP contribution in [-0.2, 0) is 13.1 Å². The summed E-state index contributed by atoms with van der Waals surface area (Å²) in [5, 5.41) is 10.4. The molecule has 0 spiro atoms. The molecule has 4 N–H and O–H groups in total. The van der Waals surface area contributed by atoms with E-state index >= 15 is 0 Å². The van der Waals surface area contributed by atoms with Crippen molar-refractivity contribution in [1.29, 1.82) is 0 Å². The average molecular weight is 728 g/mol. The van der Waals surface area contributed by atoms with E-state index in [2.05, 4.69) is 46.3 Å². The van der Waals surface area contributed by atoms with Crippen molar-refractivity contribution in [2.75, 3.05) is 5.73 Å². The molecule has 8 rings (SSSR count).